The molecule has 0 unspecified atom stereocenters. The van der Waals surface area contributed by atoms with Crippen LogP contribution in [0, 0.1) is 0 Å². The summed E-state index contributed by atoms with van der Waals surface area (Å²) in [4.78, 5) is 8.67. The SMILES string of the molecule is c1c[nH]cn1.c1ccc(N(c2ccccc2)c2ccccc2)cc1. The van der Waals surface area contributed by atoms with Crippen LogP contribution in [-0.4, -0.2) is 9.97 Å². The molecule has 0 bridgehead atoms. The third-order valence-corrected chi connectivity index (χ3v) is 3.45. The van der Waals surface area contributed by atoms with Crippen LogP contribution < -0.4 is 4.90 Å². The Morgan fingerprint density at radius 1 is 0.583 bits per heavy atom. The van der Waals surface area contributed by atoms with Gasteiger partial charge in [0, 0.05) is 29.5 Å². The Hall–Kier alpha value is -3.33. The standard InChI is InChI=1S/C18H15N.C3H4N2/c1-4-10-16(11-5-1)19(17-12-6-2-7-13-17)18-14-8-3-9-15-18;1-2-5-3-4-1/h1-15H;1-3H,(H,4,5). The van der Waals surface area contributed by atoms with E-state index in [1.165, 1.54) is 17.1 Å². The van der Waals surface area contributed by atoms with Gasteiger partial charge in [-0.3, -0.25) is 0 Å². The maximum absolute atomic E-state index is 3.67. The zero-order chi connectivity index (χ0) is 16.5. The van der Waals surface area contributed by atoms with Crippen molar-refractivity contribution in [2.75, 3.05) is 4.90 Å². The molecule has 24 heavy (non-hydrogen) atoms. The third-order valence-electron chi connectivity index (χ3n) is 3.45. The number of aromatic nitrogens is 2. The summed E-state index contributed by atoms with van der Waals surface area (Å²) >= 11 is 0. The lowest BCUT2D eigenvalue weighted by molar-refractivity contribution is 1.28. The van der Waals surface area contributed by atoms with Gasteiger partial charge in [0.2, 0.25) is 0 Å². The van der Waals surface area contributed by atoms with Gasteiger partial charge in [-0.25, -0.2) is 4.98 Å². The number of nitrogens with zero attached hydrogens (tertiary/aromatic N) is 2. The van der Waals surface area contributed by atoms with E-state index in [0.29, 0.717) is 0 Å². The summed E-state index contributed by atoms with van der Waals surface area (Å²) in [5.74, 6) is 0. The van der Waals surface area contributed by atoms with Crippen molar-refractivity contribution in [1.82, 2.24) is 9.97 Å². The van der Waals surface area contributed by atoms with E-state index in [0.717, 1.165) is 0 Å². The van der Waals surface area contributed by atoms with Crippen LogP contribution in [0.2, 0.25) is 0 Å². The number of H-pyrrole nitrogens is 1. The van der Waals surface area contributed by atoms with Crippen LogP contribution in [0.1, 0.15) is 0 Å². The summed E-state index contributed by atoms with van der Waals surface area (Å²) in [7, 11) is 0. The van der Waals surface area contributed by atoms with Gasteiger partial charge in [-0.15, -0.1) is 0 Å². The van der Waals surface area contributed by atoms with E-state index < -0.39 is 0 Å². The highest BCUT2D eigenvalue weighted by molar-refractivity contribution is 5.76. The number of hydrogen-bond donors (Lipinski definition) is 1. The second-order valence-corrected chi connectivity index (χ2v) is 5.10. The molecule has 4 aromatic rings. The van der Waals surface area contributed by atoms with Gasteiger partial charge in [-0.05, 0) is 36.4 Å². The number of para-hydroxylation sites is 3. The average Bonchev–Trinajstić information content (AvgIpc) is 3.25. The topological polar surface area (TPSA) is 31.9 Å². The Bertz CT molecular complexity index is 686. The molecular weight excluding hydrogens is 294 g/mol. The number of rotatable bonds is 3. The Labute approximate surface area is 142 Å². The van der Waals surface area contributed by atoms with Gasteiger partial charge < -0.3 is 9.88 Å². The van der Waals surface area contributed by atoms with E-state index in [9.17, 15) is 0 Å². The molecule has 3 nitrogen and oxygen atoms in total. The monoisotopic (exact) mass is 313 g/mol. The second-order valence-electron chi connectivity index (χ2n) is 5.10. The maximum Gasteiger partial charge on any atom is 0.0919 e. The van der Waals surface area contributed by atoms with Crippen molar-refractivity contribution in [3.63, 3.8) is 0 Å². The minimum absolute atomic E-state index is 1.17. The number of hydrogen-bond acceptors (Lipinski definition) is 2. The number of nitrogens with one attached hydrogen (secondary N) is 1. The molecule has 1 heterocycles. The van der Waals surface area contributed by atoms with E-state index in [1.807, 2.05) is 18.2 Å². The Kier molecular flexibility index (Phi) is 5.41. The number of benzene rings is 3. The van der Waals surface area contributed by atoms with Crippen molar-refractivity contribution < 1.29 is 0 Å². The molecule has 0 saturated carbocycles. The summed E-state index contributed by atoms with van der Waals surface area (Å²) in [5, 5.41) is 0. The van der Waals surface area contributed by atoms with Crippen LogP contribution in [0.25, 0.3) is 0 Å². The van der Waals surface area contributed by atoms with Crippen LogP contribution >= 0.6 is 0 Å². The van der Waals surface area contributed by atoms with E-state index >= 15 is 0 Å². The molecule has 1 N–H and O–H groups in total. The van der Waals surface area contributed by atoms with E-state index in [-0.39, 0.29) is 0 Å². The predicted molar refractivity (Wildman–Crippen MR) is 99.7 cm³/mol. The second kappa shape index (κ2) is 8.34. The van der Waals surface area contributed by atoms with Gasteiger partial charge in [-0.2, -0.15) is 0 Å². The lowest BCUT2D eigenvalue weighted by Crippen LogP contribution is -2.09. The highest BCUT2D eigenvalue weighted by atomic mass is 15.1. The highest BCUT2D eigenvalue weighted by Crippen LogP contribution is 2.33. The molecule has 0 saturated heterocycles. The summed E-state index contributed by atoms with van der Waals surface area (Å²) in [6, 6.07) is 31.3. The van der Waals surface area contributed by atoms with Crippen molar-refractivity contribution in [1.29, 1.82) is 0 Å². The van der Waals surface area contributed by atoms with Crippen LogP contribution in [0.15, 0.2) is 110 Å². The molecule has 0 aliphatic heterocycles. The molecule has 3 aromatic carbocycles. The van der Waals surface area contributed by atoms with Crippen LogP contribution in [0.3, 0.4) is 0 Å². The normalized spacial score (nSPS) is 9.67. The van der Waals surface area contributed by atoms with Gasteiger partial charge in [0.1, 0.15) is 0 Å². The average molecular weight is 313 g/mol. The molecule has 0 radical (unpaired) electrons. The quantitative estimate of drug-likeness (QED) is 0.536. The number of aromatic amines is 1. The Morgan fingerprint density at radius 2 is 1.00 bits per heavy atom. The molecule has 0 spiro atoms. The summed E-state index contributed by atoms with van der Waals surface area (Å²) in [6.07, 6.45) is 5.08. The summed E-state index contributed by atoms with van der Waals surface area (Å²) < 4.78 is 0. The fourth-order valence-electron chi connectivity index (χ4n) is 2.39. The molecular formula is C21H19N3. The van der Waals surface area contributed by atoms with Crippen molar-refractivity contribution in [3.8, 4) is 0 Å². The third kappa shape index (κ3) is 4.11. The summed E-state index contributed by atoms with van der Waals surface area (Å²) in [5.41, 5.74) is 3.50. The lowest BCUT2D eigenvalue weighted by Gasteiger charge is -2.25. The smallest absolute Gasteiger partial charge is 0.0919 e. The number of imidazole rings is 1. The first-order valence-electron chi connectivity index (χ1n) is 7.83. The first-order valence-corrected chi connectivity index (χ1v) is 7.83. The van der Waals surface area contributed by atoms with Crippen LogP contribution in [-0.2, 0) is 0 Å². The Balaban J connectivity index is 0.000000290. The minimum Gasteiger partial charge on any atom is -0.351 e. The van der Waals surface area contributed by atoms with Gasteiger partial charge >= 0.3 is 0 Å². The largest absolute Gasteiger partial charge is 0.351 e. The molecule has 0 aliphatic rings. The van der Waals surface area contributed by atoms with E-state index in [1.54, 1.807) is 18.7 Å². The van der Waals surface area contributed by atoms with E-state index in [4.69, 9.17) is 0 Å². The van der Waals surface area contributed by atoms with Crippen LogP contribution in [0.4, 0.5) is 17.1 Å². The fourth-order valence-corrected chi connectivity index (χ4v) is 2.39. The van der Waals surface area contributed by atoms with Crippen LogP contribution in [0.5, 0.6) is 0 Å². The Morgan fingerprint density at radius 3 is 1.25 bits per heavy atom. The maximum atomic E-state index is 3.67. The van der Waals surface area contributed by atoms with Crippen molar-refractivity contribution in [2.45, 2.75) is 0 Å². The minimum atomic E-state index is 1.17. The molecule has 0 atom stereocenters. The molecule has 0 fully saturated rings. The molecule has 0 amide bonds. The zero-order valence-electron chi connectivity index (χ0n) is 13.3. The summed E-state index contributed by atoms with van der Waals surface area (Å²) in [6.45, 7) is 0. The zero-order valence-corrected chi connectivity index (χ0v) is 13.3. The van der Waals surface area contributed by atoms with Gasteiger partial charge in [0.15, 0.2) is 0 Å². The first kappa shape index (κ1) is 15.6. The molecule has 118 valence electrons. The fraction of sp³-hybridized carbons (Fsp3) is 0. The molecule has 4 rings (SSSR count). The van der Waals surface area contributed by atoms with Crippen molar-refractivity contribution >= 4 is 17.1 Å². The van der Waals surface area contributed by atoms with E-state index in [2.05, 4.69) is 87.7 Å². The van der Waals surface area contributed by atoms with Crippen molar-refractivity contribution in [3.05, 3.63) is 110 Å². The lowest BCUT2D eigenvalue weighted by atomic mass is 10.2. The predicted octanol–water partition coefficient (Wildman–Crippen LogP) is 5.57. The van der Waals surface area contributed by atoms with Gasteiger partial charge in [-0.1, -0.05) is 54.6 Å². The molecule has 3 heteroatoms. The van der Waals surface area contributed by atoms with Crippen molar-refractivity contribution in [2.24, 2.45) is 0 Å². The molecule has 1 aromatic heterocycles. The van der Waals surface area contributed by atoms with Gasteiger partial charge in [0.05, 0.1) is 6.33 Å². The molecule has 0 aliphatic carbocycles. The highest BCUT2D eigenvalue weighted by Gasteiger charge is 2.10. The number of anilines is 3. The first-order chi connectivity index (χ1) is 11.9. The van der Waals surface area contributed by atoms with Gasteiger partial charge in [0.25, 0.3) is 0 Å².